The predicted octanol–water partition coefficient (Wildman–Crippen LogP) is 3.92. The second kappa shape index (κ2) is 7.71. The van der Waals surface area contributed by atoms with Gasteiger partial charge in [-0.25, -0.2) is 0 Å². The first-order valence-electron chi connectivity index (χ1n) is 8.49. The minimum Gasteiger partial charge on any atom is -0.406 e. The molecule has 0 fully saturated rings. The van der Waals surface area contributed by atoms with Gasteiger partial charge in [0.2, 0.25) is 0 Å². The number of amides is 1. The fraction of sp³-hybridized carbons (Fsp3) is 0.211. The van der Waals surface area contributed by atoms with Gasteiger partial charge in [0.05, 0.1) is 5.69 Å². The Morgan fingerprint density at radius 2 is 1.93 bits per heavy atom. The van der Waals surface area contributed by atoms with E-state index in [0.29, 0.717) is 28.6 Å². The number of nitrogens with two attached hydrogens (primary N) is 1. The third-order valence-corrected chi connectivity index (χ3v) is 3.96. The smallest absolute Gasteiger partial charge is 0.406 e. The summed E-state index contributed by atoms with van der Waals surface area (Å²) in [7, 11) is 0. The van der Waals surface area contributed by atoms with Gasteiger partial charge in [-0.15, -0.1) is 23.4 Å². The monoisotopic (exact) mass is 390 g/mol. The summed E-state index contributed by atoms with van der Waals surface area (Å²) in [5, 5.41) is 11.2. The van der Waals surface area contributed by atoms with Crippen molar-refractivity contribution in [2.45, 2.75) is 19.7 Å². The van der Waals surface area contributed by atoms with Crippen LogP contribution in [0.1, 0.15) is 23.8 Å². The molecule has 9 heteroatoms. The maximum atomic E-state index is 12.5. The van der Waals surface area contributed by atoms with Gasteiger partial charge in [-0.1, -0.05) is 37.3 Å². The first kappa shape index (κ1) is 19.4. The number of carbonyl (C=O) groups excluding carboxylic acids is 1. The molecular formula is C19H17F3N4O2. The van der Waals surface area contributed by atoms with E-state index < -0.39 is 12.3 Å². The summed E-state index contributed by atoms with van der Waals surface area (Å²) in [6.45, 7) is 2.39. The van der Waals surface area contributed by atoms with Gasteiger partial charge in [0, 0.05) is 17.5 Å². The van der Waals surface area contributed by atoms with E-state index in [1.165, 1.54) is 18.2 Å². The largest absolute Gasteiger partial charge is 0.573 e. The Morgan fingerprint density at radius 3 is 2.64 bits per heavy atom. The van der Waals surface area contributed by atoms with Gasteiger partial charge in [0.1, 0.15) is 11.3 Å². The molecule has 28 heavy (non-hydrogen) atoms. The molecule has 2 aromatic carbocycles. The van der Waals surface area contributed by atoms with Crippen molar-refractivity contribution in [1.29, 1.82) is 0 Å². The molecule has 0 saturated carbocycles. The summed E-state index contributed by atoms with van der Waals surface area (Å²) < 4.78 is 41.4. The van der Waals surface area contributed by atoms with Gasteiger partial charge >= 0.3 is 6.36 Å². The van der Waals surface area contributed by atoms with Crippen molar-refractivity contribution in [3.8, 4) is 16.9 Å². The first-order valence-corrected chi connectivity index (χ1v) is 8.49. The molecule has 0 saturated heterocycles. The molecule has 0 unspecified atom stereocenters. The van der Waals surface area contributed by atoms with Crippen molar-refractivity contribution in [1.82, 2.24) is 15.5 Å². The molecule has 0 atom stereocenters. The number of aromatic nitrogens is 2. The van der Waals surface area contributed by atoms with Gasteiger partial charge in [-0.05, 0) is 24.1 Å². The second-order valence-corrected chi connectivity index (χ2v) is 6.00. The van der Waals surface area contributed by atoms with E-state index in [0.717, 1.165) is 6.42 Å². The number of hydrogen-bond acceptors (Lipinski definition) is 5. The van der Waals surface area contributed by atoms with Crippen LogP contribution in [-0.2, 0) is 0 Å². The number of nitrogens with one attached hydrogen (secondary N) is 1. The zero-order valence-corrected chi connectivity index (χ0v) is 14.9. The standard InChI is InChI=1S/C19H17F3N4O2/c1-2-9-24-18(27)17-15(23)14-8-4-7-13(16(14)25-26-17)11-5-3-6-12(10-11)28-19(20,21)22/h3-8,10H,2,9H2,1H3,(H2,23,25)(H,24,27). The quantitative estimate of drug-likeness (QED) is 0.689. The van der Waals surface area contributed by atoms with E-state index in [-0.39, 0.29) is 17.1 Å². The van der Waals surface area contributed by atoms with Crippen LogP contribution in [-0.4, -0.2) is 29.0 Å². The highest BCUT2D eigenvalue weighted by molar-refractivity contribution is 6.07. The zero-order chi connectivity index (χ0) is 20.3. The van der Waals surface area contributed by atoms with E-state index >= 15 is 0 Å². The molecule has 0 radical (unpaired) electrons. The topological polar surface area (TPSA) is 90.1 Å². The molecular weight excluding hydrogens is 373 g/mol. The van der Waals surface area contributed by atoms with E-state index in [9.17, 15) is 18.0 Å². The number of anilines is 1. The van der Waals surface area contributed by atoms with Crippen LogP contribution in [0.15, 0.2) is 42.5 Å². The van der Waals surface area contributed by atoms with Crippen LogP contribution >= 0.6 is 0 Å². The second-order valence-electron chi connectivity index (χ2n) is 6.00. The highest BCUT2D eigenvalue weighted by Gasteiger charge is 2.31. The number of fused-ring (bicyclic) bond motifs is 1. The molecule has 146 valence electrons. The third-order valence-electron chi connectivity index (χ3n) is 3.96. The Bertz CT molecular complexity index is 1020. The fourth-order valence-electron chi connectivity index (χ4n) is 2.73. The lowest BCUT2D eigenvalue weighted by Gasteiger charge is -2.12. The number of carbonyl (C=O) groups is 1. The third kappa shape index (κ3) is 4.13. The number of nitrogen functional groups attached to an aromatic ring is 1. The van der Waals surface area contributed by atoms with Gasteiger partial charge in [0.25, 0.3) is 5.91 Å². The number of ether oxygens (including phenoxy) is 1. The normalized spacial score (nSPS) is 11.4. The van der Waals surface area contributed by atoms with Gasteiger partial charge < -0.3 is 15.8 Å². The summed E-state index contributed by atoms with van der Waals surface area (Å²) in [4.78, 5) is 12.2. The Balaban J connectivity index is 2.05. The molecule has 1 amide bonds. The summed E-state index contributed by atoms with van der Waals surface area (Å²) in [5.74, 6) is -0.779. The van der Waals surface area contributed by atoms with E-state index in [1.54, 1.807) is 24.3 Å². The van der Waals surface area contributed by atoms with E-state index in [2.05, 4.69) is 20.3 Å². The Kier molecular flexibility index (Phi) is 5.34. The van der Waals surface area contributed by atoms with Crippen LogP contribution < -0.4 is 15.8 Å². The van der Waals surface area contributed by atoms with Crippen molar-refractivity contribution in [2.24, 2.45) is 0 Å². The Hall–Kier alpha value is -3.36. The predicted molar refractivity (Wildman–Crippen MR) is 98.7 cm³/mol. The SMILES string of the molecule is CCCNC(=O)c1nnc2c(-c3cccc(OC(F)(F)F)c3)cccc2c1N. The average Bonchev–Trinajstić information content (AvgIpc) is 2.65. The number of rotatable bonds is 5. The summed E-state index contributed by atoms with van der Waals surface area (Å²) in [5.41, 5.74) is 7.62. The molecule has 0 aliphatic rings. The maximum Gasteiger partial charge on any atom is 0.573 e. The molecule has 0 bridgehead atoms. The van der Waals surface area contributed by atoms with Crippen LogP contribution in [0.25, 0.3) is 22.0 Å². The lowest BCUT2D eigenvalue weighted by molar-refractivity contribution is -0.274. The molecule has 3 aromatic rings. The number of halogens is 3. The first-order chi connectivity index (χ1) is 13.3. The van der Waals surface area contributed by atoms with Crippen LogP contribution in [0, 0.1) is 0 Å². The molecule has 6 nitrogen and oxygen atoms in total. The molecule has 0 spiro atoms. The van der Waals surface area contributed by atoms with Gasteiger partial charge in [-0.2, -0.15) is 0 Å². The fourth-order valence-corrected chi connectivity index (χ4v) is 2.73. The van der Waals surface area contributed by atoms with Crippen molar-refractivity contribution in [3.05, 3.63) is 48.2 Å². The minimum absolute atomic E-state index is 0.00672. The molecule has 0 aliphatic heterocycles. The lowest BCUT2D eigenvalue weighted by atomic mass is 10.0. The van der Waals surface area contributed by atoms with Crippen molar-refractivity contribution in [2.75, 3.05) is 12.3 Å². The number of nitrogens with zero attached hydrogens (tertiary/aromatic N) is 2. The Morgan fingerprint density at radius 1 is 1.18 bits per heavy atom. The van der Waals surface area contributed by atoms with Crippen LogP contribution in [0.5, 0.6) is 5.75 Å². The van der Waals surface area contributed by atoms with Crippen molar-refractivity contribution in [3.63, 3.8) is 0 Å². The molecule has 1 heterocycles. The highest BCUT2D eigenvalue weighted by Crippen LogP contribution is 2.33. The van der Waals surface area contributed by atoms with Gasteiger partial charge in [-0.3, -0.25) is 4.79 Å². The van der Waals surface area contributed by atoms with E-state index in [1.807, 2.05) is 6.92 Å². The maximum absolute atomic E-state index is 12.5. The Labute approximate surface area is 158 Å². The minimum atomic E-state index is -4.79. The zero-order valence-electron chi connectivity index (χ0n) is 14.9. The van der Waals surface area contributed by atoms with Gasteiger partial charge in [0.15, 0.2) is 5.69 Å². The molecule has 0 aliphatic carbocycles. The molecule has 3 N–H and O–H groups in total. The summed E-state index contributed by atoms with van der Waals surface area (Å²) in [6.07, 6.45) is -4.03. The highest BCUT2D eigenvalue weighted by atomic mass is 19.4. The van der Waals surface area contributed by atoms with Crippen molar-refractivity contribution < 1.29 is 22.7 Å². The summed E-state index contributed by atoms with van der Waals surface area (Å²) in [6, 6.07) is 10.6. The molecule has 1 aromatic heterocycles. The van der Waals surface area contributed by atoms with Crippen LogP contribution in [0.4, 0.5) is 18.9 Å². The number of hydrogen-bond donors (Lipinski definition) is 2. The van der Waals surface area contributed by atoms with E-state index in [4.69, 9.17) is 5.73 Å². The van der Waals surface area contributed by atoms with Crippen LogP contribution in [0.2, 0.25) is 0 Å². The number of alkyl halides is 3. The number of benzene rings is 2. The lowest BCUT2D eigenvalue weighted by Crippen LogP contribution is -2.26. The van der Waals surface area contributed by atoms with Crippen molar-refractivity contribution >= 4 is 22.5 Å². The van der Waals surface area contributed by atoms with Crippen LogP contribution in [0.3, 0.4) is 0 Å². The average molecular weight is 390 g/mol. The summed E-state index contributed by atoms with van der Waals surface area (Å²) >= 11 is 0. The molecule has 3 rings (SSSR count).